The molecule has 6 atom stereocenters. The highest BCUT2D eigenvalue weighted by atomic mass is 16.5. The van der Waals surface area contributed by atoms with Crippen molar-refractivity contribution in [3.63, 3.8) is 0 Å². The molecule has 4 rings (SSSR count). The van der Waals surface area contributed by atoms with Gasteiger partial charge in [-0.25, -0.2) is 0 Å². The molecule has 4 aliphatic carbocycles. The van der Waals surface area contributed by atoms with Crippen molar-refractivity contribution in [3.05, 3.63) is 11.8 Å². The summed E-state index contributed by atoms with van der Waals surface area (Å²) in [4.78, 5) is 0. The number of hydrogen-bond donors (Lipinski definition) is 0. The summed E-state index contributed by atoms with van der Waals surface area (Å²) in [5.74, 6) is 6.38. The van der Waals surface area contributed by atoms with E-state index in [-0.39, 0.29) is 0 Å². The largest absolute Gasteiger partial charge is 0.501 e. The zero-order valence-electron chi connectivity index (χ0n) is 12.5. The maximum Gasteiger partial charge on any atom is 0.0918 e. The Hall–Kier alpha value is -0.460. The van der Waals surface area contributed by atoms with Gasteiger partial charge in [0.1, 0.15) is 0 Å². The first-order chi connectivity index (χ1) is 9.21. The van der Waals surface area contributed by atoms with Gasteiger partial charge in [-0.1, -0.05) is 13.3 Å². The molecule has 0 saturated heterocycles. The van der Waals surface area contributed by atoms with Gasteiger partial charge in [-0.15, -0.1) is 0 Å². The Kier molecular flexibility index (Phi) is 2.76. The predicted octanol–water partition coefficient (Wildman–Crippen LogP) is 4.78. The van der Waals surface area contributed by atoms with Gasteiger partial charge in [-0.2, -0.15) is 0 Å². The summed E-state index contributed by atoms with van der Waals surface area (Å²) in [5.41, 5.74) is 0.718. The molecule has 0 N–H and O–H groups in total. The number of hydrogen-bond acceptors (Lipinski definition) is 1. The second-order valence-electron chi connectivity index (χ2n) is 8.00. The van der Waals surface area contributed by atoms with Gasteiger partial charge in [0, 0.05) is 6.42 Å². The molecular weight excluding hydrogens is 232 g/mol. The zero-order chi connectivity index (χ0) is 13.0. The first-order valence-corrected chi connectivity index (χ1v) is 8.44. The average molecular weight is 260 g/mol. The fraction of sp³-hybridized carbons (Fsp3) is 0.889. The number of allylic oxidation sites excluding steroid dienone is 2. The van der Waals surface area contributed by atoms with Crippen molar-refractivity contribution in [2.75, 3.05) is 7.11 Å². The molecule has 0 spiro atoms. The molecule has 106 valence electrons. The van der Waals surface area contributed by atoms with Crippen LogP contribution >= 0.6 is 0 Å². The third kappa shape index (κ3) is 1.73. The number of methoxy groups -OCH3 is 1. The standard InChI is InChI=1S/C18H28O/c1-18-9-3-4-17(18)15-7-5-12-10-13(19-2)6-8-14(12)16(15)11-18/h6,12,14-17H,3-5,7-11H2,1-2H3. The molecular formula is C18H28O. The lowest BCUT2D eigenvalue weighted by Gasteiger charge is -2.43. The predicted molar refractivity (Wildman–Crippen MR) is 77.6 cm³/mol. The normalized spacial score (nSPS) is 52.1. The van der Waals surface area contributed by atoms with Crippen molar-refractivity contribution in [1.29, 1.82) is 0 Å². The van der Waals surface area contributed by atoms with E-state index in [0.717, 1.165) is 35.0 Å². The molecule has 1 heteroatoms. The first-order valence-electron chi connectivity index (χ1n) is 8.44. The summed E-state index contributed by atoms with van der Waals surface area (Å²) in [6.45, 7) is 2.61. The quantitative estimate of drug-likeness (QED) is 0.659. The number of fused-ring (bicyclic) bond motifs is 5. The fourth-order valence-corrected chi connectivity index (χ4v) is 6.48. The third-order valence-electron chi connectivity index (χ3n) is 7.30. The van der Waals surface area contributed by atoms with Crippen LogP contribution in [0.1, 0.15) is 58.3 Å². The monoisotopic (exact) mass is 260 g/mol. The van der Waals surface area contributed by atoms with E-state index < -0.39 is 0 Å². The third-order valence-corrected chi connectivity index (χ3v) is 7.30. The zero-order valence-corrected chi connectivity index (χ0v) is 12.5. The summed E-state index contributed by atoms with van der Waals surface area (Å²) in [6.07, 6.45) is 14.0. The Bertz CT molecular complexity index is 398. The Morgan fingerprint density at radius 3 is 2.89 bits per heavy atom. The minimum atomic E-state index is 0.718. The SMILES string of the molecule is COC1=CCC2C(CCC3C2CC2(C)CCCC32)C1. The smallest absolute Gasteiger partial charge is 0.0918 e. The van der Waals surface area contributed by atoms with Gasteiger partial charge in [0.05, 0.1) is 12.9 Å². The first kappa shape index (κ1) is 12.3. The molecule has 0 heterocycles. The van der Waals surface area contributed by atoms with Crippen LogP contribution in [0.5, 0.6) is 0 Å². The summed E-state index contributed by atoms with van der Waals surface area (Å²) < 4.78 is 5.51. The van der Waals surface area contributed by atoms with Crippen molar-refractivity contribution in [3.8, 4) is 0 Å². The molecule has 0 aliphatic heterocycles. The Morgan fingerprint density at radius 2 is 2.05 bits per heavy atom. The molecule has 0 bridgehead atoms. The van der Waals surface area contributed by atoms with E-state index in [1.54, 1.807) is 6.42 Å². The van der Waals surface area contributed by atoms with Crippen LogP contribution in [0.3, 0.4) is 0 Å². The van der Waals surface area contributed by atoms with Crippen LogP contribution < -0.4 is 0 Å². The van der Waals surface area contributed by atoms with Crippen LogP contribution in [0.4, 0.5) is 0 Å². The Labute approximate surface area is 117 Å². The summed E-state index contributed by atoms with van der Waals surface area (Å²) in [5, 5.41) is 0. The minimum absolute atomic E-state index is 0.718. The molecule has 3 fully saturated rings. The topological polar surface area (TPSA) is 9.23 Å². The maximum absolute atomic E-state index is 5.51. The van der Waals surface area contributed by atoms with Crippen LogP contribution in [0.15, 0.2) is 11.8 Å². The highest BCUT2D eigenvalue weighted by Gasteiger charge is 2.56. The second kappa shape index (κ2) is 4.27. The van der Waals surface area contributed by atoms with Gasteiger partial charge in [0.25, 0.3) is 0 Å². The lowest BCUT2D eigenvalue weighted by atomic mass is 9.62. The van der Waals surface area contributed by atoms with Gasteiger partial charge in [-0.3, -0.25) is 0 Å². The van der Waals surface area contributed by atoms with Crippen molar-refractivity contribution in [2.24, 2.45) is 35.0 Å². The van der Waals surface area contributed by atoms with E-state index in [4.69, 9.17) is 4.74 Å². The Morgan fingerprint density at radius 1 is 1.16 bits per heavy atom. The van der Waals surface area contributed by atoms with Crippen molar-refractivity contribution in [1.82, 2.24) is 0 Å². The van der Waals surface area contributed by atoms with Gasteiger partial charge in [-0.05, 0) is 79.6 Å². The fourth-order valence-electron chi connectivity index (χ4n) is 6.48. The summed E-state index contributed by atoms with van der Waals surface area (Å²) >= 11 is 0. The molecule has 0 aromatic heterocycles. The molecule has 6 unspecified atom stereocenters. The van der Waals surface area contributed by atoms with Crippen LogP contribution in [0.25, 0.3) is 0 Å². The molecule has 3 saturated carbocycles. The minimum Gasteiger partial charge on any atom is -0.501 e. The lowest BCUT2D eigenvalue weighted by molar-refractivity contribution is 0.0721. The van der Waals surface area contributed by atoms with Gasteiger partial charge in [0.2, 0.25) is 0 Å². The van der Waals surface area contributed by atoms with Crippen molar-refractivity contribution in [2.45, 2.75) is 58.3 Å². The van der Waals surface area contributed by atoms with E-state index in [1.165, 1.54) is 50.7 Å². The van der Waals surface area contributed by atoms with E-state index in [0.29, 0.717) is 0 Å². The van der Waals surface area contributed by atoms with Crippen LogP contribution in [-0.4, -0.2) is 7.11 Å². The molecule has 0 aromatic carbocycles. The second-order valence-corrected chi connectivity index (χ2v) is 8.00. The highest BCUT2D eigenvalue weighted by Crippen LogP contribution is 2.65. The summed E-state index contributed by atoms with van der Waals surface area (Å²) in [7, 11) is 1.85. The lowest BCUT2D eigenvalue weighted by Crippen LogP contribution is -2.35. The molecule has 0 aromatic rings. The van der Waals surface area contributed by atoms with Gasteiger partial charge < -0.3 is 4.74 Å². The van der Waals surface area contributed by atoms with E-state index >= 15 is 0 Å². The van der Waals surface area contributed by atoms with Crippen molar-refractivity contribution >= 4 is 0 Å². The van der Waals surface area contributed by atoms with Crippen LogP contribution in [-0.2, 0) is 4.74 Å². The van der Waals surface area contributed by atoms with E-state index in [2.05, 4.69) is 13.0 Å². The molecule has 19 heavy (non-hydrogen) atoms. The highest BCUT2D eigenvalue weighted by molar-refractivity contribution is 5.11. The molecule has 4 aliphatic rings. The molecule has 1 nitrogen and oxygen atoms in total. The van der Waals surface area contributed by atoms with Gasteiger partial charge >= 0.3 is 0 Å². The van der Waals surface area contributed by atoms with Crippen molar-refractivity contribution < 1.29 is 4.74 Å². The molecule has 0 amide bonds. The number of rotatable bonds is 1. The van der Waals surface area contributed by atoms with Gasteiger partial charge in [0.15, 0.2) is 0 Å². The average Bonchev–Trinajstić information content (AvgIpc) is 2.91. The van der Waals surface area contributed by atoms with Crippen LogP contribution in [0.2, 0.25) is 0 Å². The summed E-state index contributed by atoms with van der Waals surface area (Å²) in [6, 6.07) is 0. The van der Waals surface area contributed by atoms with E-state index in [1.807, 2.05) is 7.11 Å². The van der Waals surface area contributed by atoms with E-state index in [9.17, 15) is 0 Å². The maximum atomic E-state index is 5.51. The molecule has 0 radical (unpaired) electrons. The Balaban J connectivity index is 1.59. The number of ether oxygens (including phenoxy) is 1. The van der Waals surface area contributed by atoms with Crippen LogP contribution in [0, 0.1) is 35.0 Å².